The van der Waals surface area contributed by atoms with Gasteiger partial charge < -0.3 is 4.74 Å². The molecule has 94 valence electrons. The van der Waals surface area contributed by atoms with E-state index in [1.165, 1.54) is 19.4 Å². The Labute approximate surface area is 101 Å². The summed E-state index contributed by atoms with van der Waals surface area (Å²) in [7, 11) is -2.11. The number of nitrogens with one attached hydrogen (secondary N) is 1. The van der Waals surface area contributed by atoms with Crippen LogP contribution in [-0.2, 0) is 10.0 Å². The summed E-state index contributed by atoms with van der Waals surface area (Å²) in [5.41, 5.74) is 0. The molecular weight excluding hydrogens is 240 g/mol. The quantitative estimate of drug-likeness (QED) is 0.882. The van der Waals surface area contributed by atoms with Crippen molar-refractivity contribution in [1.29, 1.82) is 0 Å². The highest BCUT2D eigenvalue weighted by molar-refractivity contribution is 7.89. The van der Waals surface area contributed by atoms with Gasteiger partial charge in [0, 0.05) is 12.2 Å². The van der Waals surface area contributed by atoms with Gasteiger partial charge in [0.25, 0.3) is 0 Å². The van der Waals surface area contributed by atoms with Crippen molar-refractivity contribution in [3.05, 3.63) is 18.3 Å². The first kappa shape index (κ1) is 12.3. The van der Waals surface area contributed by atoms with Crippen LogP contribution in [0.5, 0.6) is 5.88 Å². The Hall–Kier alpha value is -1.14. The van der Waals surface area contributed by atoms with Gasteiger partial charge in [0.05, 0.1) is 7.11 Å². The Morgan fingerprint density at radius 1 is 1.41 bits per heavy atom. The Balaban J connectivity index is 2.24. The van der Waals surface area contributed by atoms with Gasteiger partial charge in [0.15, 0.2) is 0 Å². The Bertz CT molecular complexity index is 481. The molecule has 0 aliphatic heterocycles. The number of nitrogens with zero attached hydrogens (tertiary/aromatic N) is 1. The third kappa shape index (κ3) is 2.76. The van der Waals surface area contributed by atoms with E-state index in [4.69, 9.17) is 4.74 Å². The third-order valence-corrected chi connectivity index (χ3v) is 4.43. The minimum atomic E-state index is -3.52. The van der Waals surface area contributed by atoms with Crippen LogP contribution in [0.4, 0.5) is 0 Å². The monoisotopic (exact) mass is 256 g/mol. The van der Waals surface area contributed by atoms with E-state index in [1.807, 2.05) is 0 Å². The molecule has 0 bridgehead atoms. The van der Waals surface area contributed by atoms with E-state index in [1.54, 1.807) is 6.07 Å². The average Bonchev–Trinajstić information content (AvgIpc) is 2.81. The van der Waals surface area contributed by atoms with Crippen LogP contribution in [0.1, 0.15) is 25.7 Å². The predicted octanol–water partition coefficient (Wildman–Crippen LogP) is 1.31. The highest BCUT2D eigenvalue weighted by Gasteiger charge is 2.25. The van der Waals surface area contributed by atoms with Gasteiger partial charge in [-0.3, -0.25) is 0 Å². The van der Waals surface area contributed by atoms with Gasteiger partial charge in [-0.2, -0.15) is 0 Å². The molecule has 0 atom stereocenters. The van der Waals surface area contributed by atoms with Gasteiger partial charge in [0.1, 0.15) is 4.90 Å². The molecule has 6 heteroatoms. The first-order valence-corrected chi connectivity index (χ1v) is 7.13. The molecule has 1 saturated carbocycles. The number of pyridine rings is 1. The van der Waals surface area contributed by atoms with Crippen LogP contribution in [0, 0.1) is 0 Å². The maximum absolute atomic E-state index is 12.1. The number of sulfonamides is 1. The van der Waals surface area contributed by atoms with Gasteiger partial charge >= 0.3 is 0 Å². The summed E-state index contributed by atoms with van der Waals surface area (Å²) in [5.74, 6) is 0.137. The standard InChI is InChI=1S/C11H16N2O3S/c1-16-11-10(7-4-8-12-11)17(14,15)13-9-5-2-3-6-9/h4,7-9,13H,2-3,5-6H2,1H3. The normalized spacial score (nSPS) is 17.2. The summed E-state index contributed by atoms with van der Waals surface area (Å²) >= 11 is 0. The van der Waals surface area contributed by atoms with E-state index in [0.717, 1.165) is 25.7 Å². The minimum absolute atomic E-state index is 0.0462. The molecule has 0 radical (unpaired) electrons. The fourth-order valence-corrected chi connectivity index (χ4v) is 3.49. The van der Waals surface area contributed by atoms with Crippen molar-refractivity contribution in [3.63, 3.8) is 0 Å². The largest absolute Gasteiger partial charge is 0.480 e. The number of methoxy groups -OCH3 is 1. The lowest BCUT2D eigenvalue weighted by atomic mass is 10.3. The SMILES string of the molecule is COc1ncccc1S(=O)(=O)NC1CCCC1. The van der Waals surface area contributed by atoms with E-state index >= 15 is 0 Å². The molecule has 1 fully saturated rings. The minimum Gasteiger partial charge on any atom is -0.480 e. The molecule has 1 heterocycles. The Morgan fingerprint density at radius 3 is 2.76 bits per heavy atom. The summed E-state index contributed by atoms with van der Waals surface area (Å²) in [5, 5.41) is 0. The van der Waals surface area contributed by atoms with E-state index in [-0.39, 0.29) is 16.8 Å². The highest BCUT2D eigenvalue weighted by atomic mass is 32.2. The van der Waals surface area contributed by atoms with Crippen LogP contribution < -0.4 is 9.46 Å². The van der Waals surface area contributed by atoms with Gasteiger partial charge in [0.2, 0.25) is 15.9 Å². The van der Waals surface area contributed by atoms with Crippen molar-refractivity contribution in [1.82, 2.24) is 9.71 Å². The van der Waals surface area contributed by atoms with Crippen molar-refractivity contribution < 1.29 is 13.2 Å². The first-order valence-electron chi connectivity index (χ1n) is 5.65. The number of ether oxygens (including phenoxy) is 1. The fraction of sp³-hybridized carbons (Fsp3) is 0.545. The van der Waals surface area contributed by atoms with E-state index in [2.05, 4.69) is 9.71 Å². The topological polar surface area (TPSA) is 68.3 Å². The summed E-state index contributed by atoms with van der Waals surface area (Å²) in [4.78, 5) is 4.00. The smallest absolute Gasteiger partial charge is 0.246 e. The van der Waals surface area contributed by atoms with Gasteiger partial charge in [-0.05, 0) is 25.0 Å². The van der Waals surface area contributed by atoms with Crippen molar-refractivity contribution in [2.24, 2.45) is 0 Å². The molecule has 2 rings (SSSR count). The van der Waals surface area contributed by atoms with Gasteiger partial charge in [-0.1, -0.05) is 12.8 Å². The van der Waals surface area contributed by atoms with Crippen molar-refractivity contribution >= 4 is 10.0 Å². The van der Waals surface area contributed by atoms with Crippen molar-refractivity contribution in [2.75, 3.05) is 7.11 Å². The molecular formula is C11H16N2O3S. The zero-order valence-corrected chi connectivity index (χ0v) is 10.5. The number of aromatic nitrogens is 1. The second-order valence-electron chi connectivity index (χ2n) is 4.11. The van der Waals surface area contributed by atoms with E-state index in [9.17, 15) is 8.42 Å². The average molecular weight is 256 g/mol. The Morgan fingerprint density at radius 2 is 2.12 bits per heavy atom. The third-order valence-electron chi connectivity index (χ3n) is 2.90. The molecule has 1 aliphatic rings. The summed E-state index contributed by atoms with van der Waals surface area (Å²) < 4.78 is 31.9. The second-order valence-corrected chi connectivity index (χ2v) is 5.80. The molecule has 1 aromatic rings. The molecule has 0 aromatic carbocycles. The van der Waals surface area contributed by atoms with Crippen LogP contribution in [0.15, 0.2) is 23.2 Å². The predicted molar refractivity (Wildman–Crippen MR) is 63.4 cm³/mol. The number of hydrogen-bond donors (Lipinski definition) is 1. The maximum atomic E-state index is 12.1. The van der Waals surface area contributed by atoms with E-state index < -0.39 is 10.0 Å². The van der Waals surface area contributed by atoms with Gasteiger partial charge in [-0.15, -0.1) is 0 Å². The number of rotatable bonds is 4. The Kier molecular flexibility index (Phi) is 3.63. The summed E-state index contributed by atoms with van der Waals surface area (Å²) in [6.45, 7) is 0. The fourth-order valence-electron chi connectivity index (χ4n) is 2.06. The second kappa shape index (κ2) is 5.01. The van der Waals surface area contributed by atoms with Crippen molar-refractivity contribution in [2.45, 2.75) is 36.6 Å². The lowest BCUT2D eigenvalue weighted by Crippen LogP contribution is -2.32. The molecule has 1 N–H and O–H groups in total. The first-order chi connectivity index (χ1) is 8.13. The molecule has 0 saturated heterocycles. The zero-order chi connectivity index (χ0) is 12.3. The van der Waals surface area contributed by atoms with E-state index in [0.29, 0.717) is 0 Å². The summed E-state index contributed by atoms with van der Waals surface area (Å²) in [6.07, 6.45) is 5.48. The summed E-state index contributed by atoms with van der Waals surface area (Å²) in [6, 6.07) is 3.14. The molecule has 1 aliphatic carbocycles. The molecule has 17 heavy (non-hydrogen) atoms. The highest BCUT2D eigenvalue weighted by Crippen LogP contribution is 2.23. The van der Waals surface area contributed by atoms with Crippen LogP contribution in [0.2, 0.25) is 0 Å². The molecule has 5 nitrogen and oxygen atoms in total. The van der Waals surface area contributed by atoms with Crippen molar-refractivity contribution in [3.8, 4) is 5.88 Å². The van der Waals surface area contributed by atoms with Crippen LogP contribution in [0.25, 0.3) is 0 Å². The van der Waals surface area contributed by atoms with Crippen LogP contribution >= 0.6 is 0 Å². The maximum Gasteiger partial charge on any atom is 0.246 e. The number of hydrogen-bond acceptors (Lipinski definition) is 4. The molecule has 0 spiro atoms. The molecule has 0 unspecified atom stereocenters. The van der Waals surface area contributed by atoms with Crippen LogP contribution in [0.3, 0.4) is 0 Å². The molecule has 0 amide bonds. The van der Waals surface area contributed by atoms with Gasteiger partial charge in [-0.25, -0.2) is 18.1 Å². The lowest BCUT2D eigenvalue weighted by Gasteiger charge is -2.13. The lowest BCUT2D eigenvalue weighted by molar-refractivity contribution is 0.384. The zero-order valence-electron chi connectivity index (χ0n) is 9.72. The van der Waals surface area contributed by atoms with Crippen LogP contribution in [-0.4, -0.2) is 26.6 Å². The molecule has 1 aromatic heterocycles.